The number of benzene rings is 2. The standard InChI is InChI=1S/C24H16F5N5O/c25-18-3-1-2-17(22(18)26)23-31-20-11-30-34(13-21(20)32-23)12-16-10-19(33-35-16)15-6-4-14(5-7-15)8-9-24(27,28)29/h1-7,10-11,13H,8-9,12H2/p+1. The smallest absolute Gasteiger partial charge is 0.354 e. The number of fused-ring (bicyclic) bond motifs is 1. The number of hydrogen-bond acceptors (Lipinski definition) is 4. The van der Waals surface area contributed by atoms with Gasteiger partial charge in [0.25, 0.3) is 0 Å². The van der Waals surface area contributed by atoms with Crippen molar-refractivity contribution in [3.63, 3.8) is 0 Å². The monoisotopic (exact) mass is 486 g/mol. The van der Waals surface area contributed by atoms with Gasteiger partial charge >= 0.3 is 6.18 Å². The molecule has 0 aliphatic rings. The van der Waals surface area contributed by atoms with Gasteiger partial charge in [0.1, 0.15) is 28.7 Å². The summed E-state index contributed by atoms with van der Waals surface area (Å²) < 4.78 is 71.8. The van der Waals surface area contributed by atoms with Crippen LogP contribution in [-0.4, -0.2) is 26.4 Å². The van der Waals surface area contributed by atoms with Gasteiger partial charge in [-0.15, -0.1) is 0 Å². The van der Waals surface area contributed by atoms with E-state index >= 15 is 0 Å². The van der Waals surface area contributed by atoms with Crippen LogP contribution in [0.3, 0.4) is 0 Å². The molecule has 0 saturated heterocycles. The zero-order valence-electron chi connectivity index (χ0n) is 18.0. The molecule has 6 nitrogen and oxygen atoms in total. The molecule has 0 aliphatic carbocycles. The minimum atomic E-state index is -4.19. The number of hydrogen-bond donors (Lipinski definition) is 1. The average molecular weight is 486 g/mol. The summed E-state index contributed by atoms with van der Waals surface area (Å²) in [6.07, 6.45) is -2.00. The van der Waals surface area contributed by atoms with Crippen LogP contribution in [0, 0.1) is 11.6 Å². The fourth-order valence-corrected chi connectivity index (χ4v) is 3.62. The molecule has 5 rings (SSSR count). The van der Waals surface area contributed by atoms with Crippen molar-refractivity contribution in [1.29, 1.82) is 0 Å². The van der Waals surface area contributed by atoms with Crippen molar-refractivity contribution in [2.24, 2.45) is 0 Å². The highest BCUT2D eigenvalue weighted by molar-refractivity contribution is 5.77. The highest BCUT2D eigenvalue weighted by Gasteiger charge is 2.26. The van der Waals surface area contributed by atoms with E-state index in [1.807, 2.05) is 0 Å². The van der Waals surface area contributed by atoms with Crippen LogP contribution in [0.5, 0.6) is 0 Å². The molecule has 11 heteroatoms. The Bertz CT molecular complexity index is 1490. The largest absolute Gasteiger partial charge is 0.389 e. The number of aryl methyl sites for hydroxylation is 1. The number of nitrogens with zero attached hydrogens (tertiary/aromatic N) is 4. The van der Waals surface area contributed by atoms with Crippen molar-refractivity contribution in [2.75, 3.05) is 0 Å². The van der Waals surface area contributed by atoms with Crippen LogP contribution in [0.1, 0.15) is 17.7 Å². The Morgan fingerprint density at radius 3 is 2.60 bits per heavy atom. The van der Waals surface area contributed by atoms with Gasteiger partial charge in [-0.25, -0.2) is 13.8 Å². The first-order chi connectivity index (χ1) is 16.7. The minimum absolute atomic E-state index is 0.0112. The molecule has 3 heterocycles. The molecule has 0 unspecified atom stereocenters. The number of aromatic amines is 1. The highest BCUT2D eigenvalue weighted by Crippen LogP contribution is 2.25. The molecule has 1 N–H and O–H groups in total. The number of rotatable bonds is 6. The number of H-pyrrole nitrogens is 1. The Labute approximate surface area is 195 Å². The second-order valence-corrected chi connectivity index (χ2v) is 7.95. The van der Waals surface area contributed by atoms with Crippen LogP contribution in [-0.2, 0) is 13.0 Å². The molecule has 2 aromatic carbocycles. The van der Waals surface area contributed by atoms with Gasteiger partial charge in [0.2, 0.25) is 18.5 Å². The van der Waals surface area contributed by atoms with E-state index in [1.165, 1.54) is 18.3 Å². The van der Waals surface area contributed by atoms with Gasteiger partial charge in [0.15, 0.2) is 11.6 Å². The summed E-state index contributed by atoms with van der Waals surface area (Å²) >= 11 is 0. The third-order valence-corrected chi connectivity index (χ3v) is 5.40. The Hall–Kier alpha value is -4.15. The number of nitrogens with one attached hydrogen (secondary N) is 1. The summed E-state index contributed by atoms with van der Waals surface area (Å²) in [7, 11) is 0. The van der Waals surface area contributed by atoms with Crippen molar-refractivity contribution in [2.45, 2.75) is 25.6 Å². The lowest BCUT2D eigenvalue weighted by Gasteiger charge is -2.06. The summed E-state index contributed by atoms with van der Waals surface area (Å²) in [5, 5.41) is 8.30. The Kier molecular flexibility index (Phi) is 5.75. The van der Waals surface area contributed by atoms with E-state index in [0.717, 1.165) is 6.07 Å². The lowest BCUT2D eigenvalue weighted by atomic mass is 10.1. The van der Waals surface area contributed by atoms with E-state index in [1.54, 1.807) is 41.2 Å². The van der Waals surface area contributed by atoms with Crippen LogP contribution in [0.4, 0.5) is 22.0 Å². The third-order valence-electron chi connectivity index (χ3n) is 5.40. The fraction of sp³-hybridized carbons (Fsp3) is 0.167. The van der Waals surface area contributed by atoms with E-state index in [2.05, 4.69) is 20.2 Å². The van der Waals surface area contributed by atoms with E-state index in [4.69, 9.17) is 4.52 Å². The third kappa shape index (κ3) is 5.03. The number of aromatic nitrogens is 5. The summed E-state index contributed by atoms with van der Waals surface area (Å²) in [6, 6.07) is 12.2. The second kappa shape index (κ2) is 8.90. The predicted octanol–water partition coefficient (Wildman–Crippen LogP) is 5.39. The predicted molar refractivity (Wildman–Crippen MR) is 115 cm³/mol. The molecule has 0 aliphatic heterocycles. The van der Waals surface area contributed by atoms with Gasteiger partial charge < -0.3 is 9.51 Å². The van der Waals surface area contributed by atoms with Crippen molar-refractivity contribution in [1.82, 2.24) is 20.2 Å². The lowest BCUT2D eigenvalue weighted by molar-refractivity contribution is -0.746. The van der Waals surface area contributed by atoms with Gasteiger partial charge in [0.05, 0.1) is 5.56 Å². The molecule has 0 spiro atoms. The fourth-order valence-electron chi connectivity index (χ4n) is 3.62. The number of alkyl halides is 3. The number of halogens is 5. The highest BCUT2D eigenvalue weighted by atomic mass is 19.4. The molecule has 3 aromatic heterocycles. The van der Waals surface area contributed by atoms with Gasteiger partial charge in [0, 0.05) is 18.1 Å². The minimum Gasteiger partial charge on any atom is -0.354 e. The molecule has 0 amide bonds. The molecule has 0 radical (unpaired) electrons. The zero-order chi connectivity index (χ0) is 24.6. The molecule has 0 fully saturated rings. The molecule has 0 bridgehead atoms. The van der Waals surface area contributed by atoms with Crippen LogP contribution in [0.2, 0.25) is 0 Å². The van der Waals surface area contributed by atoms with Gasteiger partial charge in [-0.05, 0) is 29.2 Å². The molecular weight excluding hydrogens is 469 g/mol. The maximum atomic E-state index is 14.1. The quantitative estimate of drug-likeness (QED) is 0.258. The second-order valence-electron chi connectivity index (χ2n) is 7.95. The summed E-state index contributed by atoms with van der Waals surface area (Å²) in [5.41, 5.74) is 2.88. The van der Waals surface area contributed by atoms with Gasteiger partial charge in [-0.2, -0.15) is 13.2 Å². The van der Waals surface area contributed by atoms with E-state index in [0.29, 0.717) is 33.6 Å². The molecule has 0 saturated carbocycles. The van der Waals surface area contributed by atoms with Crippen LogP contribution >= 0.6 is 0 Å². The SMILES string of the molecule is Fc1cccc(-c2nc3cn[n+](Cc4cc(-c5ccc(CCC(F)(F)F)cc5)no4)cc3[nH]2)c1F. The van der Waals surface area contributed by atoms with Crippen molar-refractivity contribution in [3.8, 4) is 22.6 Å². The first-order valence-electron chi connectivity index (χ1n) is 10.6. The van der Waals surface area contributed by atoms with Crippen molar-refractivity contribution >= 4 is 11.0 Å². The summed E-state index contributed by atoms with van der Waals surface area (Å²) in [6.45, 7) is 0.231. The topological polar surface area (TPSA) is 71.5 Å². The van der Waals surface area contributed by atoms with Gasteiger partial charge in [-0.1, -0.05) is 40.2 Å². The first-order valence-corrected chi connectivity index (χ1v) is 10.6. The first kappa shape index (κ1) is 22.6. The maximum absolute atomic E-state index is 14.1. The van der Waals surface area contributed by atoms with E-state index in [9.17, 15) is 22.0 Å². The van der Waals surface area contributed by atoms with Crippen LogP contribution in [0.15, 0.2) is 65.4 Å². The molecule has 35 heavy (non-hydrogen) atoms. The molecule has 5 aromatic rings. The average Bonchev–Trinajstić information content (AvgIpc) is 3.46. The summed E-state index contributed by atoms with van der Waals surface area (Å²) in [5.74, 6) is -1.28. The lowest BCUT2D eigenvalue weighted by Crippen LogP contribution is -2.37. The van der Waals surface area contributed by atoms with E-state index < -0.39 is 24.2 Å². The van der Waals surface area contributed by atoms with E-state index in [-0.39, 0.29) is 24.4 Å². The summed E-state index contributed by atoms with van der Waals surface area (Å²) in [4.78, 5) is 7.24. The van der Waals surface area contributed by atoms with Crippen molar-refractivity contribution < 1.29 is 31.2 Å². The molecule has 178 valence electrons. The Morgan fingerprint density at radius 2 is 1.83 bits per heavy atom. The normalized spacial score (nSPS) is 11.9. The van der Waals surface area contributed by atoms with Gasteiger partial charge in [-0.3, -0.25) is 0 Å². The van der Waals surface area contributed by atoms with Crippen molar-refractivity contribution in [3.05, 3.63) is 83.9 Å². The van der Waals surface area contributed by atoms with Crippen LogP contribution in [0.25, 0.3) is 33.7 Å². The maximum Gasteiger partial charge on any atom is 0.389 e. The van der Waals surface area contributed by atoms with Crippen LogP contribution < -0.4 is 4.68 Å². The zero-order valence-corrected chi connectivity index (χ0v) is 18.0. The Balaban J connectivity index is 1.31. The number of imidazole rings is 1. The molecule has 0 atom stereocenters. The Morgan fingerprint density at radius 1 is 1.03 bits per heavy atom. The molecular formula is C24H17F5N5O+.